The van der Waals surface area contributed by atoms with E-state index in [1.165, 1.54) is 11.1 Å². The number of hydrogen-bond acceptors (Lipinski definition) is 8. The smallest absolute Gasteiger partial charge is 0.227 e. The molecule has 0 saturated carbocycles. The van der Waals surface area contributed by atoms with Crippen LogP contribution in [0.1, 0.15) is 74.0 Å². The molecule has 2 aliphatic rings. The molecule has 4 heterocycles. The Kier molecular flexibility index (Phi) is 7.42. The summed E-state index contributed by atoms with van der Waals surface area (Å²) in [5.41, 5.74) is 5.51. The Hall–Kier alpha value is -3.92. The van der Waals surface area contributed by atoms with Gasteiger partial charge < -0.3 is 10.1 Å². The third-order valence-corrected chi connectivity index (χ3v) is 8.39. The molecule has 1 aliphatic heterocycles. The zero-order valence-electron chi connectivity index (χ0n) is 24.2. The molecule has 1 aromatic carbocycles. The molecule has 1 saturated heterocycles. The fourth-order valence-corrected chi connectivity index (χ4v) is 6.08. The number of hydrogen-bond donors (Lipinski definition) is 1. The lowest BCUT2D eigenvalue weighted by atomic mass is 9.84. The van der Waals surface area contributed by atoms with E-state index in [9.17, 15) is 4.79 Å². The maximum absolute atomic E-state index is 13.4. The van der Waals surface area contributed by atoms with E-state index < -0.39 is 0 Å². The van der Waals surface area contributed by atoms with Crippen molar-refractivity contribution in [1.82, 2.24) is 34.7 Å². The number of carbonyl (C=O) groups excluding carboxylic acids is 1. The molecule has 0 amide bonds. The lowest BCUT2D eigenvalue weighted by Crippen LogP contribution is -2.22. The zero-order chi connectivity index (χ0) is 28.6. The quantitative estimate of drug-likeness (QED) is 0.242. The maximum atomic E-state index is 13.4. The number of benzene rings is 1. The molecule has 1 aliphatic carbocycles. The maximum Gasteiger partial charge on any atom is 0.227 e. The minimum Gasteiger partial charge on any atom is -0.381 e. The molecule has 214 valence electrons. The first-order valence-corrected chi connectivity index (χ1v) is 14.5. The predicted octanol–water partition coefficient (Wildman–Crippen LogP) is 5.31. The van der Waals surface area contributed by atoms with E-state index in [2.05, 4.69) is 64.7 Å². The van der Waals surface area contributed by atoms with Crippen molar-refractivity contribution in [2.75, 3.05) is 18.5 Å². The molecule has 10 heteroatoms. The van der Waals surface area contributed by atoms with Crippen LogP contribution in [0.3, 0.4) is 0 Å². The molecule has 41 heavy (non-hydrogen) atoms. The van der Waals surface area contributed by atoms with Crippen LogP contribution in [0, 0.1) is 11.8 Å². The molecule has 6 rings (SSSR count). The summed E-state index contributed by atoms with van der Waals surface area (Å²) >= 11 is 0. The number of rotatable bonds is 7. The van der Waals surface area contributed by atoms with Gasteiger partial charge in [-0.1, -0.05) is 17.3 Å². The Bertz CT molecular complexity index is 1530. The largest absolute Gasteiger partial charge is 0.381 e. The van der Waals surface area contributed by atoms with Crippen LogP contribution in [0.5, 0.6) is 0 Å². The van der Waals surface area contributed by atoms with E-state index in [-0.39, 0.29) is 17.2 Å². The van der Waals surface area contributed by atoms with Crippen LogP contribution in [-0.4, -0.2) is 53.7 Å². The molecule has 1 fully saturated rings. The number of anilines is 2. The van der Waals surface area contributed by atoms with Crippen molar-refractivity contribution in [3.63, 3.8) is 0 Å². The van der Waals surface area contributed by atoms with Crippen LogP contribution in [0.15, 0.2) is 49.1 Å². The van der Waals surface area contributed by atoms with Crippen molar-refractivity contribution in [2.45, 2.75) is 64.3 Å². The van der Waals surface area contributed by atoms with Crippen LogP contribution in [0.25, 0.3) is 11.3 Å². The van der Waals surface area contributed by atoms with E-state index in [0.717, 1.165) is 55.8 Å². The second kappa shape index (κ2) is 11.2. The van der Waals surface area contributed by atoms with Crippen molar-refractivity contribution in [2.24, 2.45) is 18.9 Å². The lowest BCUT2D eigenvalue weighted by molar-refractivity contribution is 0.0966. The van der Waals surface area contributed by atoms with Crippen molar-refractivity contribution >= 4 is 17.4 Å². The average molecular weight is 555 g/mol. The Balaban J connectivity index is 1.28. The minimum absolute atomic E-state index is 0.0464. The van der Waals surface area contributed by atoms with E-state index in [1.54, 1.807) is 28.0 Å². The van der Waals surface area contributed by atoms with Crippen molar-refractivity contribution in [3.05, 3.63) is 65.9 Å². The predicted molar refractivity (Wildman–Crippen MR) is 156 cm³/mol. The van der Waals surface area contributed by atoms with Gasteiger partial charge in [0.1, 0.15) is 5.69 Å². The number of Topliss-reactive ketones (excluding diaryl/α,β-unsaturated/α-hetero) is 1. The van der Waals surface area contributed by atoms with Gasteiger partial charge in [-0.3, -0.25) is 9.48 Å². The molecule has 4 aromatic rings. The van der Waals surface area contributed by atoms with Gasteiger partial charge in [0, 0.05) is 44.6 Å². The number of nitrogens with zero attached hydrogens (tertiary/aromatic N) is 7. The molecule has 2 unspecified atom stereocenters. The standard InChI is InChI=1S/C31H38N8O2/c1-31(2,3)39-18-28(36-37-39)29(40)15-21-6-5-20(23-10-12-41-19-23)13-24-14-22(7-8-26(21)24)27-9-11-32-30(35-27)34-25-16-33-38(4)17-25/h7-9,11,14,16-18,20-21,23H,5-6,10,12-13,15,19H2,1-4H3,(H,32,34,35)/t20?,21-,23?/m0/s1. The van der Waals surface area contributed by atoms with E-state index >= 15 is 0 Å². The first-order chi connectivity index (χ1) is 19.7. The van der Waals surface area contributed by atoms with Gasteiger partial charge in [0.25, 0.3) is 0 Å². The molecule has 1 N–H and O–H groups in total. The Labute approximate surface area is 240 Å². The SMILES string of the molecule is Cn1cc(Nc2nccc(-c3ccc4c(c3)CC(C3CCOC3)CC[C@H]4CC(=O)c3cn(C(C)(C)C)nn3)n2)cn1. The average Bonchev–Trinajstić information content (AvgIpc) is 3.71. The van der Waals surface area contributed by atoms with Crippen LogP contribution in [-0.2, 0) is 23.7 Å². The van der Waals surface area contributed by atoms with Gasteiger partial charge in [-0.05, 0) is 87.5 Å². The van der Waals surface area contributed by atoms with E-state index in [4.69, 9.17) is 9.72 Å². The number of aromatic nitrogens is 7. The summed E-state index contributed by atoms with van der Waals surface area (Å²) in [6, 6.07) is 8.54. The zero-order valence-corrected chi connectivity index (χ0v) is 24.2. The highest BCUT2D eigenvalue weighted by Crippen LogP contribution is 2.41. The molecule has 3 aromatic heterocycles. The van der Waals surface area contributed by atoms with Crippen LogP contribution >= 0.6 is 0 Å². The molecule has 0 bridgehead atoms. The van der Waals surface area contributed by atoms with Crippen LogP contribution in [0.4, 0.5) is 11.6 Å². The summed E-state index contributed by atoms with van der Waals surface area (Å²) in [5.74, 6) is 1.79. The van der Waals surface area contributed by atoms with Crippen LogP contribution in [0.2, 0.25) is 0 Å². The molecule has 0 spiro atoms. The van der Waals surface area contributed by atoms with Crippen molar-refractivity contribution < 1.29 is 9.53 Å². The summed E-state index contributed by atoms with van der Waals surface area (Å²) in [4.78, 5) is 22.6. The Morgan fingerprint density at radius 2 is 2.00 bits per heavy atom. The van der Waals surface area contributed by atoms with E-state index in [1.807, 2.05) is 19.3 Å². The van der Waals surface area contributed by atoms with Crippen molar-refractivity contribution in [1.29, 1.82) is 0 Å². The Morgan fingerprint density at radius 1 is 1.12 bits per heavy atom. The molecular formula is C31H38N8O2. The first-order valence-electron chi connectivity index (χ1n) is 14.5. The fraction of sp³-hybridized carbons (Fsp3) is 0.484. The minimum atomic E-state index is -0.220. The second-order valence-electron chi connectivity index (χ2n) is 12.4. The monoisotopic (exact) mass is 554 g/mol. The summed E-state index contributed by atoms with van der Waals surface area (Å²) in [5, 5.41) is 15.9. The van der Waals surface area contributed by atoms with Gasteiger partial charge in [0.2, 0.25) is 5.95 Å². The van der Waals surface area contributed by atoms with Crippen molar-refractivity contribution in [3.8, 4) is 11.3 Å². The van der Waals surface area contributed by atoms with Gasteiger partial charge in [-0.25, -0.2) is 14.6 Å². The highest BCUT2D eigenvalue weighted by molar-refractivity contribution is 5.94. The lowest BCUT2D eigenvalue weighted by Gasteiger charge is -2.21. The van der Waals surface area contributed by atoms with Crippen LogP contribution < -0.4 is 5.32 Å². The highest BCUT2D eigenvalue weighted by Gasteiger charge is 2.32. The number of carbonyl (C=O) groups is 1. The summed E-state index contributed by atoms with van der Waals surface area (Å²) in [7, 11) is 1.87. The molecule has 10 nitrogen and oxygen atoms in total. The molecular weight excluding hydrogens is 516 g/mol. The number of ether oxygens (including phenoxy) is 1. The summed E-state index contributed by atoms with van der Waals surface area (Å²) < 4.78 is 9.27. The number of fused-ring (bicyclic) bond motifs is 1. The Morgan fingerprint density at radius 3 is 2.73 bits per heavy atom. The molecule has 3 atom stereocenters. The highest BCUT2D eigenvalue weighted by atomic mass is 16.5. The number of ketones is 1. The number of aryl methyl sites for hydroxylation is 1. The van der Waals surface area contributed by atoms with Gasteiger partial charge in [0.15, 0.2) is 5.78 Å². The van der Waals surface area contributed by atoms with Gasteiger partial charge in [-0.15, -0.1) is 5.10 Å². The summed E-state index contributed by atoms with van der Waals surface area (Å²) in [6.07, 6.45) is 11.8. The second-order valence-corrected chi connectivity index (χ2v) is 12.4. The number of nitrogens with one attached hydrogen (secondary N) is 1. The third kappa shape index (κ3) is 6.07. The van der Waals surface area contributed by atoms with Gasteiger partial charge in [0.05, 0.1) is 29.3 Å². The first kappa shape index (κ1) is 27.3. The third-order valence-electron chi connectivity index (χ3n) is 8.39. The van der Waals surface area contributed by atoms with Gasteiger partial charge in [-0.2, -0.15) is 5.10 Å². The normalized spacial score (nSPS) is 20.9. The topological polar surface area (TPSA) is 113 Å². The molecule has 0 radical (unpaired) electrons. The summed E-state index contributed by atoms with van der Waals surface area (Å²) in [6.45, 7) is 7.83. The fourth-order valence-electron chi connectivity index (χ4n) is 6.08. The van der Waals surface area contributed by atoms with Gasteiger partial charge >= 0.3 is 0 Å². The van der Waals surface area contributed by atoms with E-state index in [0.29, 0.717) is 29.9 Å².